The smallest absolute Gasteiger partial charge is 0.228 e. The lowest BCUT2D eigenvalue weighted by atomic mass is 9.95. The van der Waals surface area contributed by atoms with Crippen LogP contribution in [-0.2, 0) is 11.2 Å². The summed E-state index contributed by atoms with van der Waals surface area (Å²) in [7, 11) is 0. The van der Waals surface area contributed by atoms with Gasteiger partial charge in [0.05, 0.1) is 18.1 Å². The van der Waals surface area contributed by atoms with Gasteiger partial charge in [0.15, 0.2) is 0 Å². The lowest BCUT2D eigenvalue weighted by Crippen LogP contribution is -2.04. The highest BCUT2D eigenvalue weighted by Crippen LogP contribution is 2.36. The molecular weight excluding hydrogens is 272 g/mol. The molecule has 1 amide bonds. The molecule has 0 fully saturated rings. The van der Waals surface area contributed by atoms with Crippen molar-refractivity contribution in [3.05, 3.63) is 52.0 Å². The molecule has 0 spiro atoms. The Morgan fingerprint density at radius 2 is 2.15 bits per heavy atom. The van der Waals surface area contributed by atoms with Gasteiger partial charge in [0.2, 0.25) is 5.91 Å². The fourth-order valence-corrected chi connectivity index (χ4v) is 2.87. The molecule has 1 heterocycles. The number of benzene rings is 2. The Hall–Kier alpha value is -2.31. The number of carbonyl (C=O) groups excluding carboxylic acids is 1. The Labute approximate surface area is 121 Å². The van der Waals surface area contributed by atoms with Gasteiger partial charge in [-0.05, 0) is 47.9 Å². The number of anilines is 1. The number of rotatable bonds is 1. The summed E-state index contributed by atoms with van der Waals surface area (Å²) in [6.07, 6.45) is 0.371. The topological polar surface area (TPSA) is 52.9 Å². The second kappa shape index (κ2) is 4.66. The molecule has 2 aromatic carbocycles. The van der Waals surface area contributed by atoms with Crippen LogP contribution in [0.3, 0.4) is 0 Å². The van der Waals surface area contributed by atoms with Crippen LogP contribution >= 0.6 is 11.6 Å². The average Bonchev–Trinajstić information content (AvgIpc) is 2.79. The van der Waals surface area contributed by atoms with Crippen molar-refractivity contribution >= 4 is 23.2 Å². The van der Waals surface area contributed by atoms with Gasteiger partial charge in [-0.15, -0.1) is 0 Å². The summed E-state index contributed by atoms with van der Waals surface area (Å²) in [5.41, 5.74) is 4.95. The fourth-order valence-electron chi connectivity index (χ4n) is 2.59. The molecule has 0 atom stereocenters. The number of carbonyl (C=O) groups is 1. The Morgan fingerprint density at radius 3 is 2.90 bits per heavy atom. The van der Waals surface area contributed by atoms with Crippen LogP contribution in [0.15, 0.2) is 30.3 Å². The standard InChI is InChI=1S/C16H11ClN2O/c1-9-5-11(6-12-7-14(20)19-16(9)12)15-10(8-18)3-2-4-13(15)17/h2-6H,7H2,1H3,(H,19,20). The van der Waals surface area contributed by atoms with Crippen molar-refractivity contribution in [2.45, 2.75) is 13.3 Å². The SMILES string of the molecule is Cc1cc(-c2c(Cl)cccc2C#N)cc2c1NC(=O)C2. The van der Waals surface area contributed by atoms with Crippen LogP contribution in [0.1, 0.15) is 16.7 Å². The van der Waals surface area contributed by atoms with Crippen LogP contribution in [-0.4, -0.2) is 5.91 Å². The van der Waals surface area contributed by atoms with Crippen LogP contribution in [0.2, 0.25) is 5.02 Å². The van der Waals surface area contributed by atoms with Gasteiger partial charge in [0.1, 0.15) is 0 Å². The molecule has 20 heavy (non-hydrogen) atoms. The predicted molar refractivity (Wildman–Crippen MR) is 78.7 cm³/mol. The highest BCUT2D eigenvalue weighted by Gasteiger charge is 2.21. The Balaban J connectivity index is 2.23. The molecule has 2 aromatic rings. The van der Waals surface area contributed by atoms with E-state index in [0.717, 1.165) is 27.9 Å². The van der Waals surface area contributed by atoms with Crippen LogP contribution in [0, 0.1) is 18.3 Å². The van der Waals surface area contributed by atoms with Crippen molar-refractivity contribution in [2.24, 2.45) is 0 Å². The zero-order valence-corrected chi connectivity index (χ0v) is 11.6. The number of halogens is 1. The van der Waals surface area contributed by atoms with Crippen molar-refractivity contribution in [2.75, 3.05) is 5.32 Å². The lowest BCUT2D eigenvalue weighted by molar-refractivity contribution is -0.115. The average molecular weight is 283 g/mol. The van der Waals surface area contributed by atoms with Gasteiger partial charge in [0.25, 0.3) is 0 Å². The third-order valence-electron chi connectivity index (χ3n) is 3.46. The van der Waals surface area contributed by atoms with E-state index in [1.54, 1.807) is 18.2 Å². The van der Waals surface area contributed by atoms with Crippen molar-refractivity contribution in [3.63, 3.8) is 0 Å². The molecule has 4 heteroatoms. The zero-order chi connectivity index (χ0) is 14.3. The second-order valence-corrected chi connectivity index (χ2v) is 5.23. The largest absolute Gasteiger partial charge is 0.325 e. The maximum absolute atomic E-state index is 11.5. The molecule has 0 saturated carbocycles. The van der Waals surface area contributed by atoms with Gasteiger partial charge < -0.3 is 5.32 Å². The van der Waals surface area contributed by atoms with Gasteiger partial charge in [-0.1, -0.05) is 17.7 Å². The molecule has 1 N–H and O–H groups in total. The number of fused-ring (bicyclic) bond motifs is 1. The van der Waals surface area contributed by atoms with Crippen LogP contribution in [0.25, 0.3) is 11.1 Å². The minimum Gasteiger partial charge on any atom is -0.325 e. The van der Waals surface area contributed by atoms with Gasteiger partial charge in [-0.25, -0.2) is 0 Å². The summed E-state index contributed by atoms with van der Waals surface area (Å²) in [5, 5.41) is 12.6. The second-order valence-electron chi connectivity index (χ2n) is 4.83. The lowest BCUT2D eigenvalue weighted by Gasteiger charge is -2.11. The third kappa shape index (κ3) is 1.95. The molecule has 1 aliphatic heterocycles. The number of nitrogens with one attached hydrogen (secondary N) is 1. The van der Waals surface area contributed by atoms with E-state index in [4.69, 9.17) is 11.6 Å². The van der Waals surface area contributed by atoms with Crippen LogP contribution in [0.5, 0.6) is 0 Å². The number of nitriles is 1. The predicted octanol–water partition coefficient (Wildman–Crippen LogP) is 3.68. The molecule has 0 bridgehead atoms. The molecule has 0 unspecified atom stereocenters. The van der Waals surface area contributed by atoms with E-state index in [1.165, 1.54) is 0 Å². The van der Waals surface area contributed by atoms with Crippen molar-refractivity contribution in [3.8, 4) is 17.2 Å². The molecule has 0 aromatic heterocycles. The molecule has 0 radical (unpaired) electrons. The molecule has 3 rings (SSSR count). The summed E-state index contributed by atoms with van der Waals surface area (Å²) in [6, 6.07) is 11.3. The minimum absolute atomic E-state index is 0.0000784. The van der Waals surface area contributed by atoms with E-state index in [0.29, 0.717) is 17.0 Å². The maximum Gasteiger partial charge on any atom is 0.228 e. The van der Waals surface area contributed by atoms with Gasteiger partial charge >= 0.3 is 0 Å². The summed E-state index contributed by atoms with van der Waals surface area (Å²) >= 11 is 6.24. The Morgan fingerprint density at radius 1 is 1.35 bits per heavy atom. The first kappa shape index (κ1) is 12.7. The van der Waals surface area contributed by atoms with E-state index in [2.05, 4.69) is 11.4 Å². The van der Waals surface area contributed by atoms with Crippen molar-refractivity contribution in [1.29, 1.82) is 5.26 Å². The quantitative estimate of drug-likeness (QED) is 0.867. The van der Waals surface area contributed by atoms with Crippen LogP contribution < -0.4 is 5.32 Å². The highest BCUT2D eigenvalue weighted by molar-refractivity contribution is 6.33. The Bertz CT molecular complexity index is 775. The van der Waals surface area contributed by atoms with E-state index in [-0.39, 0.29) is 5.91 Å². The molecule has 0 aliphatic carbocycles. The van der Waals surface area contributed by atoms with E-state index >= 15 is 0 Å². The van der Waals surface area contributed by atoms with Gasteiger partial charge in [-0.3, -0.25) is 4.79 Å². The number of amides is 1. The number of hydrogen-bond donors (Lipinski definition) is 1. The number of nitrogens with zero attached hydrogens (tertiary/aromatic N) is 1. The molecular formula is C16H11ClN2O. The van der Waals surface area contributed by atoms with Crippen molar-refractivity contribution < 1.29 is 4.79 Å². The maximum atomic E-state index is 11.5. The first-order valence-corrected chi connectivity index (χ1v) is 6.60. The monoisotopic (exact) mass is 282 g/mol. The molecule has 3 nitrogen and oxygen atoms in total. The molecule has 0 saturated heterocycles. The van der Waals surface area contributed by atoms with E-state index in [9.17, 15) is 10.1 Å². The zero-order valence-electron chi connectivity index (χ0n) is 10.8. The number of hydrogen-bond acceptors (Lipinski definition) is 2. The number of aryl methyl sites for hydroxylation is 1. The normalized spacial score (nSPS) is 12.8. The summed E-state index contributed by atoms with van der Waals surface area (Å²) in [5.74, 6) is -0.0000784. The van der Waals surface area contributed by atoms with E-state index < -0.39 is 0 Å². The first-order chi connectivity index (χ1) is 9.60. The molecule has 98 valence electrons. The minimum atomic E-state index is -0.0000784. The van der Waals surface area contributed by atoms with Crippen molar-refractivity contribution in [1.82, 2.24) is 0 Å². The van der Waals surface area contributed by atoms with Gasteiger partial charge in [-0.2, -0.15) is 5.26 Å². The summed E-state index contributed by atoms with van der Waals surface area (Å²) in [4.78, 5) is 11.5. The molecule has 1 aliphatic rings. The third-order valence-corrected chi connectivity index (χ3v) is 3.77. The van der Waals surface area contributed by atoms with E-state index in [1.807, 2.05) is 19.1 Å². The van der Waals surface area contributed by atoms with Gasteiger partial charge in [0, 0.05) is 16.3 Å². The summed E-state index contributed by atoms with van der Waals surface area (Å²) < 4.78 is 0. The fraction of sp³-hybridized carbons (Fsp3) is 0.125. The highest BCUT2D eigenvalue weighted by atomic mass is 35.5. The summed E-state index contributed by atoms with van der Waals surface area (Å²) in [6.45, 7) is 1.94. The van der Waals surface area contributed by atoms with Crippen LogP contribution in [0.4, 0.5) is 5.69 Å². The first-order valence-electron chi connectivity index (χ1n) is 6.22. The Kier molecular flexibility index (Phi) is 2.96.